The summed E-state index contributed by atoms with van der Waals surface area (Å²) in [5.41, 5.74) is 1.64. The smallest absolute Gasteiger partial charge is 0.338 e. The first-order valence-electron chi connectivity index (χ1n) is 7.97. The maximum atomic E-state index is 13.0. The summed E-state index contributed by atoms with van der Waals surface area (Å²) in [4.78, 5) is 13.4. The Balaban J connectivity index is 1.92. The quantitative estimate of drug-likeness (QED) is 0.852. The number of alkyl halides is 3. The van der Waals surface area contributed by atoms with Crippen molar-refractivity contribution in [1.82, 2.24) is 10.2 Å². The lowest BCUT2D eigenvalue weighted by Gasteiger charge is -2.20. The van der Waals surface area contributed by atoms with Crippen molar-refractivity contribution in [2.75, 3.05) is 13.6 Å². The lowest BCUT2D eigenvalue weighted by atomic mass is 10.1. The molecule has 2 amide bonds. The van der Waals surface area contributed by atoms with Gasteiger partial charge in [-0.25, -0.2) is 4.79 Å². The van der Waals surface area contributed by atoms with E-state index in [2.05, 4.69) is 5.32 Å². The van der Waals surface area contributed by atoms with Crippen molar-refractivity contribution in [3.63, 3.8) is 0 Å². The molecule has 0 radical (unpaired) electrons. The summed E-state index contributed by atoms with van der Waals surface area (Å²) in [6, 6.07) is 12.8. The van der Waals surface area contributed by atoms with Gasteiger partial charge in [0.2, 0.25) is 0 Å². The zero-order chi connectivity index (χ0) is 18.4. The van der Waals surface area contributed by atoms with Crippen molar-refractivity contribution < 1.29 is 18.0 Å². The third-order valence-electron chi connectivity index (χ3n) is 4.01. The lowest BCUT2D eigenvalue weighted by molar-refractivity contribution is -0.138. The Morgan fingerprint density at radius 1 is 1.04 bits per heavy atom. The highest BCUT2D eigenvalue weighted by Gasteiger charge is 2.33. The van der Waals surface area contributed by atoms with Crippen molar-refractivity contribution in [2.24, 2.45) is 0 Å². The molecule has 0 aromatic heterocycles. The second-order valence-electron chi connectivity index (χ2n) is 5.92. The van der Waals surface area contributed by atoms with E-state index in [-0.39, 0.29) is 12.1 Å². The number of hydrogen-bond donors (Lipinski definition) is 1. The molecule has 0 aliphatic rings. The van der Waals surface area contributed by atoms with E-state index in [1.807, 2.05) is 31.2 Å². The Hall–Kier alpha value is -2.50. The Labute approximate surface area is 145 Å². The van der Waals surface area contributed by atoms with E-state index < -0.39 is 17.8 Å². The first-order chi connectivity index (χ1) is 11.8. The van der Waals surface area contributed by atoms with Crippen molar-refractivity contribution in [1.29, 1.82) is 0 Å². The highest BCUT2D eigenvalue weighted by atomic mass is 19.4. The molecule has 6 heteroatoms. The summed E-state index contributed by atoms with van der Waals surface area (Å²) < 4.78 is 39.0. The molecular formula is C19H21F3N2O. The standard InChI is InChI=1S/C19H21F3N2O/c1-14-7-3-4-8-15(14)11-12-23-18(25)24(2)13-16-9-5-6-10-17(16)19(20,21)22/h3-10H,11-13H2,1-2H3,(H,23,25). The molecule has 3 nitrogen and oxygen atoms in total. The summed E-state index contributed by atoms with van der Waals surface area (Å²) >= 11 is 0. The van der Waals surface area contributed by atoms with E-state index in [9.17, 15) is 18.0 Å². The fraction of sp³-hybridized carbons (Fsp3) is 0.316. The zero-order valence-electron chi connectivity index (χ0n) is 14.2. The minimum atomic E-state index is -4.43. The molecular weight excluding hydrogens is 329 g/mol. The number of halogens is 3. The largest absolute Gasteiger partial charge is 0.416 e. The molecule has 0 fully saturated rings. The van der Waals surface area contributed by atoms with Gasteiger partial charge in [-0.2, -0.15) is 13.2 Å². The van der Waals surface area contributed by atoms with Crippen LogP contribution in [-0.2, 0) is 19.1 Å². The van der Waals surface area contributed by atoms with Crippen molar-refractivity contribution in [2.45, 2.75) is 26.1 Å². The van der Waals surface area contributed by atoms with Gasteiger partial charge in [-0.1, -0.05) is 42.5 Å². The number of rotatable bonds is 5. The number of amides is 2. The van der Waals surface area contributed by atoms with Crippen LogP contribution in [0.15, 0.2) is 48.5 Å². The number of nitrogens with one attached hydrogen (secondary N) is 1. The van der Waals surface area contributed by atoms with Gasteiger partial charge in [-0.3, -0.25) is 0 Å². The minimum absolute atomic E-state index is 0.0755. The number of carbonyl (C=O) groups is 1. The van der Waals surface area contributed by atoms with Crippen LogP contribution in [0.5, 0.6) is 0 Å². The SMILES string of the molecule is Cc1ccccc1CCNC(=O)N(C)Cc1ccccc1C(F)(F)F. The summed E-state index contributed by atoms with van der Waals surface area (Å²) in [5.74, 6) is 0. The van der Waals surface area contributed by atoms with Crippen LogP contribution in [0.2, 0.25) is 0 Å². The molecule has 0 heterocycles. The molecule has 0 saturated heterocycles. The average molecular weight is 350 g/mol. The van der Waals surface area contributed by atoms with Gasteiger partial charge in [0.1, 0.15) is 0 Å². The summed E-state index contributed by atoms with van der Waals surface area (Å²) in [6.07, 6.45) is -3.76. The molecule has 0 unspecified atom stereocenters. The van der Waals surface area contributed by atoms with Gasteiger partial charge in [0.15, 0.2) is 0 Å². The van der Waals surface area contributed by atoms with E-state index >= 15 is 0 Å². The zero-order valence-corrected chi connectivity index (χ0v) is 14.2. The number of carbonyl (C=O) groups excluding carboxylic acids is 1. The third-order valence-corrected chi connectivity index (χ3v) is 4.01. The Morgan fingerprint density at radius 3 is 2.28 bits per heavy atom. The van der Waals surface area contributed by atoms with Gasteiger partial charge in [0.05, 0.1) is 5.56 Å². The molecule has 0 aliphatic heterocycles. The van der Waals surface area contributed by atoms with E-state index in [0.717, 1.165) is 17.2 Å². The maximum absolute atomic E-state index is 13.0. The highest BCUT2D eigenvalue weighted by molar-refractivity contribution is 5.73. The van der Waals surface area contributed by atoms with Crippen LogP contribution >= 0.6 is 0 Å². The van der Waals surface area contributed by atoms with Crippen molar-refractivity contribution in [3.05, 3.63) is 70.8 Å². The first kappa shape index (κ1) is 18.8. The first-order valence-corrected chi connectivity index (χ1v) is 7.97. The van der Waals surface area contributed by atoms with E-state index in [1.165, 1.54) is 30.1 Å². The Bertz CT molecular complexity index is 729. The van der Waals surface area contributed by atoms with Crippen molar-refractivity contribution >= 4 is 6.03 Å². The van der Waals surface area contributed by atoms with Crippen LogP contribution < -0.4 is 5.32 Å². The van der Waals surface area contributed by atoms with E-state index in [4.69, 9.17) is 0 Å². The van der Waals surface area contributed by atoms with Crippen LogP contribution in [0.3, 0.4) is 0 Å². The highest BCUT2D eigenvalue weighted by Crippen LogP contribution is 2.32. The normalized spacial score (nSPS) is 11.2. The van der Waals surface area contributed by atoms with Crippen LogP contribution in [-0.4, -0.2) is 24.5 Å². The molecule has 25 heavy (non-hydrogen) atoms. The molecule has 2 aromatic carbocycles. The topological polar surface area (TPSA) is 32.3 Å². The van der Waals surface area contributed by atoms with Crippen LogP contribution in [0.4, 0.5) is 18.0 Å². The number of nitrogens with zero attached hydrogens (tertiary/aromatic N) is 1. The van der Waals surface area contributed by atoms with Crippen LogP contribution in [0, 0.1) is 6.92 Å². The monoisotopic (exact) mass is 350 g/mol. The van der Waals surface area contributed by atoms with Gasteiger partial charge in [0.25, 0.3) is 0 Å². The Kier molecular flexibility index (Phi) is 6.07. The minimum Gasteiger partial charge on any atom is -0.338 e. The van der Waals surface area contributed by atoms with Gasteiger partial charge in [-0.15, -0.1) is 0 Å². The summed E-state index contributed by atoms with van der Waals surface area (Å²) in [7, 11) is 1.48. The van der Waals surface area contributed by atoms with Crippen LogP contribution in [0.1, 0.15) is 22.3 Å². The molecule has 2 rings (SSSR count). The molecule has 0 saturated carbocycles. The Morgan fingerprint density at radius 2 is 1.64 bits per heavy atom. The summed E-state index contributed by atoms with van der Waals surface area (Å²) in [5, 5.41) is 2.74. The van der Waals surface area contributed by atoms with Crippen molar-refractivity contribution in [3.8, 4) is 0 Å². The average Bonchev–Trinajstić information content (AvgIpc) is 2.56. The van der Waals surface area contributed by atoms with Gasteiger partial charge in [0, 0.05) is 20.1 Å². The number of aryl methyl sites for hydroxylation is 1. The summed E-state index contributed by atoms with van der Waals surface area (Å²) in [6.45, 7) is 2.32. The number of benzene rings is 2. The predicted octanol–water partition coefficient (Wildman–Crippen LogP) is 4.40. The molecule has 0 aliphatic carbocycles. The number of urea groups is 1. The van der Waals surface area contributed by atoms with E-state index in [0.29, 0.717) is 13.0 Å². The number of hydrogen-bond acceptors (Lipinski definition) is 1. The maximum Gasteiger partial charge on any atom is 0.416 e. The van der Waals surface area contributed by atoms with Gasteiger partial charge < -0.3 is 10.2 Å². The second-order valence-corrected chi connectivity index (χ2v) is 5.92. The van der Waals surface area contributed by atoms with Gasteiger partial charge >= 0.3 is 12.2 Å². The van der Waals surface area contributed by atoms with E-state index in [1.54, 1.807) is 0 Å². The third kappa shape index (κ3) is 5.24. The second kappa shape index (κ2) is 8.05. The fourth-order valence-electron chi connectivity index (χ4n) is 2.59. The molecule has 0 spiro atoms. The lowest BCUT2D eigenvalue weighted by Crippen LogP contribution is -2.38. The fourth-order valence-corrected chi connectivity index (χ4v) is 2.59. The molecule has 1 N–H and O–H groups in total. The predicted molar refractivity (Wildman–Crippen MR) is 91.2 cm³/mol. The van der Waals surface area contributed by atoms with Crippen LogP contribution in [0.25, 0.3) is 0 Å². The molecule has 2 aromatic rings. The molecule has 0 bridgehead atoms. The molecule has 134 valence electrons. The van der Waals surface area contributed by atoms with Gasteiger partial charge in [-0.05, 0) is 36.1 Å². The molecule has 0 atom stereocenters.